The maximum Gasteiger partial charge on any atom is 0.132 e. The lowest BCUT2D eigenvalue weighted by atomic mass is 10.1. The Hall–Kier alpha value is -0.113. The third kappa shape index (κ3) is 6.17. The Morgan fingerprint density at radius 1 is 0.889 bits per heavy atom. The molecule has 0 aliphatic rings. The van der Waals surface area contributed by atoms with Crippen molar-refractivity contribution in [1.29, 1.82) is 0 Å². The van der Waals surface area contributed by atoms with Crippen LogP contribution >= 0.6 is 0 Å². The highest BCUT2D eigenvalue weighted by Crippen LogP contribution is 2.37. The summed E-state index contributed by atoms with van der Waals surface area (Å²) < 4.78 is 0. The largest absolute Gasteiger partial charge is 0.305 e. The van der Waals surface area contributed by atoms with E-state index in [2.05, 4.69) is 40.8 Å². The molecule has 0 saturated carbocycles. The fourth-order valence-corrected chi connectivity index (χ4v) is 3.61. The Bertz CT molecular complexity index is 238. The zero-order chi connectivity index (χ0) is 14.2. The van der Waals surface area contributed by atoms with E-state index in [1.165, 1.54) is 38.5 Å². The van der Waals surface area contributed by atoms with Crippen LogP contribution in [-0.4, -0.2) is 13.5 Å². The smallest absolute Gasteiger partial charge is 0.132 e. The van der Waals surface area contributed by atoms with E-state index in [1.54, 1.807) is 0 Å². The Kier molecular flexibility index (Phi) is 8.09. The van der Waals surface area contributed by atoms with Gasteiger partial charge in [0.1, 0.15) is 13.5 Å². The molecule has 0 aliphatic heterocycles. The summed E-state index contributed by atoms with van der Waals surface area (Å²) in [5.41, 5.74) is 0. The van der Waals surface area contributed by atoms with Crippen LogP contribution in [0.1, 0.15) is 79.1 Å². The topological polar surface area (TPSA) is 17.1 Å². The van der Waals surface area contributed by atoms with Crippen LogP contribution in [0.5, 0.6) is 0 Å². The molecule has 0 radical (unpaired) electrons. The van der Waals surface area contributed by atoms with Crippen molar-refractivity contribution in [2.24, 2.45) is 0 Å². The van der Waals surface area contributed by atoms with Crippen LogP contribution in [0.2, 0.25) is 18.1 Å². The third-order valence-electron chi connectivity index (χ3n) is 4.58. The first-order valence-electron chi connectivity index (χ1n) is 7.76. The van der Waals surface area contributed by atoms with Gasteiger partial charge in [-0.2, -0.15) is 0 Å². The number of rotatable bonds is 9. The molecule has 0 fully saturated rings. The second-order valence-corrected chi connectivity index (χ2v) is 12.5. The molecular formula is C16H34OSi. The van der Waals surface area contributed by atoms with Gasteiger partial charge in [0.25, 0.3) is 0 Å². The standard InChI is InChI=1S/C16H34OSi/c1-7-8-9-10-11-12-13-14-15(17)18(5,6)16(2,3)4/h7-14H2,1-6H3. The minimum atomic E-state index is -1.73. The molecule has 108 valence electrons. The van der Waals surface area contributed by atoms with E-state index >= 15 is 0 Å². The summed E-state index contributed by atoms with van der Waals surface area (Å²) in [6, 6.07) is 0. The van der Waals surface area contributed by atoms with Crippen molar-refractivity contribution in [3.8, 4) is 0 Å². The normalized spacial score (nSPS) is 12.8. The van der Waals surface area contributed by atoms with Gasteiger partial charge in [0.2, 0.25) is 0 Å². The molecule has 0 amide bonds. The van der Waals surface area contributed by atoms with Gasteiger partial charge in [-0.1, -0.05) is 79.3 Å². The van der Waals surface area contributed by atoms with E-state index < -0.39 is 8.07 Å². The van der Waals surface area contributed by atoms with E-state index in [1.807, 2.05) is 0 Å². The summed E-state index contributed by atoms with van der Waals surface area (Å²) in [6.07, 6.45) is 9.87. The van der Waals surface area contributed by atoms with Gasteiger partial charge in [0, 0.05) is 6.42 Å². The van der Waals surface area contributed by atoms with Gasteiger partial charge in [-0.25, -0.2) is 0 Å². The minimum absolute atomic E-state index is 0.200. The van der Waals surface area contributed by atoms with Crippen molar-refractivity contribution in [3.63, 3.8) is 0 Å². The minimum Gasteiger partial charge on any atom is -0.305 e. The summed E-state index contributed by atoms with van der Waals surface area (Å²) in [5, 5.41) is 0.772. The second-order valence-electron chi connectivity index (χ2n) is 7.17. The average Bonchev–Trinajstić information content (AvgIpc) is 2.26. The van der Waals surface area contributed by atoms with Gasteiger partial charge in [-0.3, -0.25) is 0 Å². The predicted octanol–water partition coefficient (Wildman–Crippen LogP) is 5.74. The highest BCUT2D eigenvalue weighted by molar-refractivity contribution is 7.06. The van der Waals surface area contributed by atoms with Crippen LogP contribution in [0.3, 0.4) is 0 Å². The van der Waals surface area contributed by atoms with Crippen molar-refractivity contribution in [2.45, 2.75) is 97.2 Å². The van der Waals surface area contributed by atoms with Crippen molar-refractivity contribution in [3.05, 3.63) is 0 Å². The van der Waals surface area contributed by atoms with Gasteiger partial charge in [0.05, 0.1) is 0 Å². The Labute approximate surface area is 116 Å². The fourth-order valence-electron chi connectivity index (χ4n) is 1.97. The van der Waals surface area contributed by atoms with E-state index in [4.69, 9.17) is 0 Å². The third-order valence-corrected chi connectivity index (χ3v) is 9.97. The van der Waals surface area contributed by atoms with Gasteiger partial charge < -0.3 is 4.79 Å². The lowest BCUT2D eigenvalue weighted by Crippen LogP contribution is -2.46. The summed E-state index contributed by atoms with van der Waals surface area (Å²) in [7, 11) is -1.73. The van der Waals surface area contributed by atoms with Crippen LogP contribution in [0.4, 0.5) is 0 Å². The molecule has 18 heavy (non-hydrogen) atoms. The number of carbonyl (C=O) groups excluding carboxylic acids is 1. The SMILES string of the molecule is CCCCCCCCCC(=O)[Si](C)(C)C(C)(C)C. The molecule has 0 unspecified atom stereocenters. The van der Waals surface area contributed by atoms with Crippen molar-refractivity contribution in [2.75, 3.05) is 0 Å². The highest BCUT2D eigenvalue weighted by Gasteiger charge is 2.41. The first kappa shape index (κ1) is 17.9. The van der Waals surface area contributed by atoms with Crippen LogP contribution in [0.25, 0.3) is 0 Å². The fraction of sp³-hybridized carbons (Fsp3) is 0.938. The Morgan fingerprint density at radius 2 is 1.33 bits per heavy atom. The van der Waals surface area contributed by atoms with Crippen LogP contribution in [0.15, 0.2) is 0 Å². The summed E-state index contributed by atoms with van der Waals surface area (Å²) in [4.78, 5) is 12.3. The van der Waals surface area contributed by atoms with Gasteiger partial charge in [-0.15, -0.1) is 0 Å². The molecular weight excluding hydrogens is 236 g/mol. The molecule has 0 spiro atoms. The highest BCUT2D eigenvalue weighted by atomic mass is 28.3. The molecule has 0 aromatic heterocycles. The van der Waals surface area contributed by atoms with E-state index in [9.17, 15) is 4.79 Å². The first-order valence-corrected chi connectivity index (χ1v) is 10.8. The van der Waals surface area contributed by atoms with Crippen LogP contribution in [-0.2, 0) is 4.79 Å². The molecule has 0 N–H and O–H groups in total. The molecule has 0 aromatic carbocycles. The first-order chi connectivity index (χ1) is 8.23. The van der Waals surface area contributed by atoms with Crippen LogP contribution in [0, 0.1) is 0 Å². The lowest BCUT2D eigenvalue weighted by Gasteiger charge is -2.35. The number of hydrogen-bond donors (Lipinski definition) is 0. The van der Waals surface area contributed by atoms with Crippen molar-refractivity contribution in [1.82, 2.24) is 0 Å². The van der Waals surface area contributed by atoms with E-state index in [-0.39, 0.29) is 5.04 Å². The van der Waals surface area contributed by atoms with Crippen molar-refractivity contribution < 1.29 is 4.79 Å². The summed E-state index contributed by atoms with van der Waals surface area (Å²) in [6.45, 7) is 13.4. The second kappa shape index (κ2) is 8.14. The molecule has 0 rings (SSSR count). The average molecular weight is 271 g/mol. The van der Waals surface area contributed by atoms with Crippen LogP contribution < -0.4 is 0 Å². The molecule has 0 aromatic rings. The van der Waals surface area contributed by atoms with Crippen molar-refractivity contribution >= 4 is 13.5 Å². The predicted molar refractivity (Wildman–Crippen MR) is 84.8 cm³/mol. The summed E-state index contributed by atoms with van der Waals surface area (Å²) in [5.74, 6) is 0. The van der Waals surface area contributed by atoms with E-state index in [0.717, 1.165) is 12.8 Å². The number of carbonyl (C=O) groups is 1. The summed E-state index contributed by atoms with van der Waals surface area (Å²) >= 11 is 0. The maximum absolute atomic E-state index is 12.3. The Morgan fingerprint density at radius 3 is 1.78 bits per heavy atom. The molecule has 1 nitrogen and oxygen atoms in total. The van der Waals surface area contributed by atoms with E-state index in [0.29, 0.717) is 5.41 Å². The molecule has 0 aliphatic carbocycles. The number of unbranched alkanes of at least 4 members (excludes halogenated alkanes) is 6. The molecule has 0 saturated heterocycles. The van der Waals surface area contributed by atoms with Gasteiger partial charge in [0.15, 0.2) is 0 Å². The molecule has 2 heteroatoms. The lowest BCUT2D eigenvalue weighted by molar-refractivity contribution is -0.113. The molecule has 0 atom stereocenters. The zero-order valence-corrected chi connectivity index (χ0v) is 14.6. The van der Waals surface area contributed by atoms with Gasteiger partial charge >= 0.3 is 0 Å². The molecule has 0 heterocycles. The Balaban J connectivity index is 3.78. The monoisotopic (exact) mass is 270 g/mol. The molecule has 0 bridgehead atoms. The quantitative estimate of drug-likeness (QED) is 0.385. The maximum atomic E-state index is 12.3. The zero-order valence-electron chi connectivity index (χ0n) is 13.6. The van der Waals surface area contributed by atoms with Gasteiger partial charge in [-0.05, 0) is 11.5 Å². The number of hydrogen-bond acceptors (Lipinski definition) is 1.